The van der Waals surface area contributed by atoms with Crippen molar-refractivity contribution in [1.29, 1.82) is 0 Å². The summed E-state index contributed by atoms with van der Waals surface area (Å²) in [7, 11) is 0. The highest BCUT2D eigenvalue weighted by Crippen LogP contribution is 2.29. The Hall–Kier alpha value is -2.84. The number of ether oxygens (including phenoxy) is 1. The number of aromatic nitrogens is 2. The Kier molecular flexibility index (Phi) is 6.06. The van der Waals surface area contributed by atoms with E-state index in [-0.39, 0.29) is 0 Å². The second-order valence-corrected chi connectivity index (χ2v) is 7.95. The van der Waals surface area contributed by atoms with Crippen LogP contribution in [0.3, 0.4) is 0 Å². The van der Waals surface area contributed by atoms with Crippen molar-refractivity contribution in [2.45, 2.75) is 31.8 Å². The molecule has 2 aliphatic heterocycles. The Morgan fingerprint density at radius 3 is 2.87 bits per heavy atom. The van der Waals surface area contributed by atoms with Crippen LogP contribution in [0.25, 0.3) is 0 Å². The highest BCUT2D eigenvalue weighted by molar-refractivity contribution is 6.30. The molecule has 0 spiro atoms. The lowest BCUT2D eigenvalue weighted by molar-refractivity contribution is -0.122. The molecule has 158 valence electrons. The standard InChI is InChI=1S/C21H25ClN6O2/c1-14-12-24-21(25-17-5-9-30-10-6-17)26-20(14)28-8-7-27(13-28)18(19(23)29)15-3-2-4-16(22)11-15/h2-4,7-8,11-12,17-18H,5-6,9-10,13H2,1H3,(H2,23,29)(H,24,25,26). The van der Waals surface area contributed by atoms with Gasteiger partial charge in [-0.15, -0.1) is 0 Å². The molecule has 4 rings (SSSR count). The number of hydrogen-bond acceptors (Lipinski definition) is 7. The van der Waals surface area contributed by atoms with Crippen molar-refractivity contribution in [3.63, 3.8) is 0 Å². The van der Waals surface area contributed by atoms with E-state index in [1.807, 2.05) is 47.5 Å². The molecular weight excluding hydrogens is 404 g/mol. The number of carbonyl (C=O) groups is 1. The summed E-state index contributed by atoms with van der Waals surface area (Å²) >= 11 is 6.11. The summed E-state index contributed by atoms with van der Waals surface area (Å²) < 4.78 is 5.41. The van der Waals surface area contributed by atoms with E-state index in [9.17, 15) is 4.79 Å². The molecule has 8 nitrogen and oxygen atoms in total. The van der Waals surface area contributed by atoms with Crippen molar-refractivity contribution < 1.29 is 9.53 Å². The number of anilines is 2. The molecule has 0 saturated carbocycles. The highest BCUT2D eigenvalue weighted by atomic mass is 35.5. The summed E-state index contributed by atoms with van der Waals surface area (Å²) in [5.41, 5.74) is 7.41. The third-order valence-electron chi connectivity index (χ3n) is 5.29. The highest BCUT2D eigenvalue weighted by Gasteiger charge is 2.29. The molecule has 1 amide bonds. The predicted octanol–water partition coefficient (Wildman–Crippen LogP) is 2.81. The van der Waals surface area contributed by atoms with E-state index >= 15 is 0 Å². The van der Waals surface area contributed by atoms with Gasteiger partial charge in [0.2, 0.25) is 11.9 Å². The van der Waals surface area contributed by atoms with Crippen LogP contribution in [-0.4, -0.2) is 46.7 Å². The largest absolute Gasteiger partial charge is 0.381 e. The molecule has 1 aromatic carbocycles. The smallest absolute Gasteiger partial charge is 0.244 e. The summed E-state index contributed by atoms with van der Waals surface area (Å²) in [4.78, 5) is 25.2. The third-order valence-corrected chi connectivity index (χ3v) is 5.53. The second-order valence-electron chi connectivity index (χ2n) is 7.51. The summed E-state index contributed by atoms with van der Waals surface area (Å²) in [5, 5.41) is 3.96. The molecule has 9 heteroatoms. The third kappa shape index (κ3) is 4.49. The monoisotopic (exact) mass is 428 g/mol. The molecule has 1 unspecified atom stereocenters. The van der Waals surface area contributed by atoms with E-state index in [0.717, 1.165) is 43.0 Å². The Labute approximate surface area is 180 Å². The number of nitrogens with one attached hydrogen (secondary N) is 1. The predicted molar refractivity (Wildman–Crippen MR) is 116 cm³/mol. The fourth-order valence-electron chi connectivity index (χ4n) is 3.76. The van der Waals surface area contributed by atoms with E-state index in [4.69, 9.17) is 27.1 Å². The van der Waals surface area contributed by atoms with Gasteiger partial charge in [-0.3, -0.25) is 4.79 Å². The summed E-state index contributed by atoms with van der Waals surface area (Å²) in [6.45, 7) is 3.90. The number of primary amides is 1. The van der Waals surface area contributed by atoms with Crippen molar-refractivity contribution in [3.05, 3.63) is 59.0 Å². The zero-order chi connectivity index (χ0) is 21.1. The fraction of sp³-hybridized carbons (Fsp3) is 0.381. The van der Waals surface area contributed by atoms with E-state index in [0.29, 0.717) is 23.7 Å². The van der Waals surface area contributed by atoms with Gasteiger partial charge in [-0.25, -0.2) is 4.98 Å². The lowest BCUT2D eigenvalue weighted by Crippen LogP contribution is -2.37. The Morgan fingerprint density at radius 2 is 2.13 bits per heavy atom. The number of benzene rings is 1. The first kappa shape index (κ1) is 20.4. The van der Waals surface area contributed by atoms with Crippen LogP contribution >= 0.6 is 11.6 Å². The quantitative estimate of drug-likeness (QED) is 0.730. The molecule has 1 aromatic heterocycles. The molecule has 2 aromatic rings. The van der Waals surface area contributed by atoms with Crippen LogP contribution in [0.4, 0.5) is 11.8 Å². The minimum atomic E-state index is -0.619. The van der Waals surface area contributed by atoms with Gasteiger partial charge in [0.25, 0.3) is 0 Å². The number of nitrogens with zero attached hydrogens (tertiary/aromatic N) is 4. The summed E-state index contributed by atoms with van der Waals surface area (Å²) in [6, 6.07) is 6.89. The molecule has 2 aliphatic rings. The summed E-state index contributed by atoms with van der Waals surface area (Å²) in [6.07, 6.45) is 7.42. The number of halogens is 1. The molecule has 3 N–H and O–H groups in total. The van der Waals surface area contributed by atoms with Crippen molar-refractivity contribution in [2.75, 3.05) is 30.1 Å². The lowest BCUT2D eigenvalue weighted by atomic mass is 10.1. The fourth-order valence-corrected chi connectivity index (χ4v) is 3.95. The van der Waals surface area contributed by atoms with Crippen LogP contribution in [0.5, 0.6) is 0 Å². The van der Waals surface area contributed by atoms with Gasteiger partial charge >= 0.3 is 0 Å². The molecular formula is C21H25ClN6O2. The van der Waals surface area contributed by atoms with Gasteiger partial charge in [0.1, 0.15) is 11.9 Å². The first-order valence-electron chi connectivity index (χ1n) is 9.94. The van der Waals surface area contributed by atoms with Crippen LogP contribution in [0, 0.1) is 6.92 Å². The average Bonchev–Trinajstić information content (AvgIpc) is 3.19. The first-order chi connectivity index (χ1) is 14.5. The van der Waals surface area contributed by atoms with E-state index in [2.05, 4.69) is 10.3 Å². The number of carbonyl (C=O) groups excluding carboxylic acids is 1. The molecule has 1 atom stereocenters. The lowest BCUT2D eigenvalue weighted by Gasteiger charge is -2.28. The van der Waals surface area contributed by atoms with Crippen LogP contribution in [0.15, 0.2) is 42.9 Å². The molecule has 3 heterocycles. The minimum Gasteiger partial charge on any atom is -0.381 e. The number of rotatable bonds is 6. The Morgan fingerprint density at radius 1 is 1.33 bits per heavy atom. The molecule has 30 heavy (non-hydrogen) atoms. The summed E-state index contributed by atoms with van der Waals surface area (Å²) in [5.74, 6) is 0.938. The van der Waals surface area contributed by atoms with Crippen molar-refractivity contribution in [1.82, 2.24) is 14.9 Å². The Bertz CT molecular complexity index is 947. The SMILES string of the molecule is Cc1cnc(NC2CCOCC2)nc1N1C=CN(C(C(N)=O)c2cccc(Cl)c2)C1. The molecule has 0 aliphatic carbocycles. The zero-order valence-electron chi connectivity index (χ0n) is 16.8. The van der Waals surface area contributed by atoms with E-state index in [1.54, 1.807) is 12.1 Å². The maximum atomic E-state index is 12.2. The van der Waals surface area contributed by atoms with Crippen molar-refractivity contribution in [2.24, 2.45) is 5.73 Å². The van der Waals surface area contributed by atoms with Crippen LogP contribution in [-0.2, 0) is 9.53 Å². The van der Waals surface area contributed by atoms with Gasteiger partial charge in [-0.1, -0.05) is 23.7 Å². The topological polar surface area (TPSA) is 96.6 Å². The number of hydrogen-bond donors (Lipinski definition) is 2. The molecule has 1 fully saturated rings. The maximum Gasteiger partial charge on any atom is 0.244 e. The number of amides is 1. The molecule has 0 bridgehead atoms. The Balaban J connectivity index is 1.51. The van der Waals surface area contributed by atoms with Gasteiger partial charge < -0.3 is 25.6 Å². The van der Waals surface area contributed by atoms with Crippen molar-refractivity contribution in [3.8, 4) is 0 Å². The van der Waals surface area contributed by atoms with Gasteiger partial charge in [0, 0.05) is 48.4 Å². The van der Waals surface area contributed by atoms with Gasteiger partial charge in [-0.2, -0.15) is 4.98 Å². The first-order valence-corrected chi connectivity index (χ1v) is 10.3. The molecule has 1 saturated heterocycles. The van der Waals surface area contributed by atoms with E-state index < -0.39 is 11.9 Å². The van der Waals surface area contributed by atoms with Crippen LogP contribution in [0.1, 0.15) is 30.0 Å². The van der Waals surface area contributed by atoms with E-state index in [1.165, 1.54) is 0 Å². The van der Waals surface area contributed by atoms with Crippen LogP contribution < -0.4 is 16.0 Å². The van der Waals surface area contributed by atoms with Crippen LogP contribution in [0.2, 0.25) is 5.02 Å². The zero-order valence-corrected chi connectivity index (χ0v) is 17.5. The molecule has 0 radical (unpaired) electrons. The van der Waals surface area contributed by atoms with Crippen molar-refractivity contribution >= 4 is 29.3 Å². The average molecular weight is 429 g/mol. The second kappa shape index (κ2) is 8.89. The van der Waals surface area contributed by atoms with Gasteiger partial charge in [0.05, 0.1) is 6.67 Å². The number of nitrogens with two attached hydrogens (primary N) is 1. The maximum absolute atomic E-state index is 12.2. The number of aryl methyl sites for hydroxylation is 1. The van der Waals surface area contributed by atoms with Gasteiger partial charge in [0.15, 0.2) is 0 Å². The normalized spacial score (nSPS) is 17.9. The minimum absolute atomic E-state index is 0.307. The van der Waals surface area contributed by atoms with Gasteiger partial charge in [-0.05, 0) is 37.5 Å².